The normalized spacial score (nSPS) is 10.3. The van der Waals surface area contributed by atoms with Crippen LogP contribution in [0.4, 0.5) is 11.7 Å². The first-order valence-electron chi connectivity index (χ1n) is 5.17. The van der Waals surface area contributed by atoms with E-state index in [0.717, 1.165) is 17.0 Å². The van der Waals surface area contributed by atoms with Crippen LogP contribution in [0.2, 0.25) is 0 Å². The number of benzene rings is 1. The minimum atomic E-state index is 0.232. The maximum atomic E-state index is 5.38. The summed E-state index contributed by atoms with van der Waals surface area (Å²) in [6.07, 6.45) is 0. The van der Waals surface area contributed by atoms with Crippen molar-refractivity contribution >= 4 is 11.7 Å². The molecule has 0 bridgehead atoms. The summed E-state index contributed by atoms with van der Waals surface area (Å²) < 4.78 is 10.4. The number of aromatic nitrogens is 2. The Morgan fingerprint density at radius 3 is 2.82 bits per heavy atom. The lowest BCUT2D eigenvalue weighted by Gasteiger charge is -2.06. The Labute approximate surface area is 98.8 Å². The SMILES string of the molecule is COc1ccc(Nc2nnc(CN)o2)cc1C. The zero-order chi connectivity index (χ0) is 12.3. The van der Waals surface area contributed by atoms with Gasteiger partial charge in [-0.25, -0.2) is 0 Å². The average Bonchev–Trinajstić information content (AvgIpc) is 2.77. The Kier molecular flexibility index (Phi) is 3.24. The molecule has 0 aliphatic carbocycles. The molecular formula is C11H14N4O2. The predicted octanol–water partition coefficient (Wildman–Crippen LogP) is 1.59. The number of hydrogen-bond acceptors (Lipinski definition) is 6. The van der Waals surface area contributed by atoms with E-state index in [1.165, 1.54) is 0 Å². The monoisotopic (exact) mass is 234 g/mol. The highest BCUT2D eigenvalue weighted by Gasteiger charge is 2.05. The molecule has 1 heterocycles. The highest BCUT2D eigenvalue weighted by atomic mass is 16.5. The lowest BCUT2D eigenvalue weighted by atomic mass is 10.2. The van der Waals surface area contributed by atoms with Crippen molar-refractivity contribution in [3.63, 3.8) is 0 Å². The zero-order valence-corrected chi connectivity index (χ0v) is 9.73. The fourth-order valence-electron chi connectivity index (χ4n) is 1.47. The third-order valence-corrected chi connectivity index (χ3v) is 2.29. The Balaban J connectivity index is 2.15. The average molecular weight is 234 g/mol. The standard InChI is InChI=1S/C11H14N4O2/c1-7-5-8(3-4-9(7)16-2)13-11-15-14-10(6-12)17-11/h3-5H,6,12H2,1-2H3,(H,13,15). The predicted molar refractivity (Wildman–Crippen MR) is 63.2 cm³/mol. The van der Waals surface area contributed by atoms with Crippen LogP contribution in [0.25, 0.3) is 0 Å². The van der Waals surface area contributed by atoms with Crippen molar-refractivity contribution < 1.29 is 9.15 Å². The van der Waals surface area contributed by atoms with E-state index in [4.69, 9.17) is 14.9 Å². The molecule has 1 aromatic carbocycles. The van der Waals surface area contributed by atoms with Gasteiger partial charge in [-0.2, -0.15) is 0 Å². The molecular weight excluding hydrogens is 220 g/mol. The Morgan fingerprint density at radius 1 is 1.41 bits per heavy atom. The van der Waals surface area contributed by atoms with Crippen LogP contribution in [0.1, 0.15) is 11.5 Å². The van der Waals surface area contributed by atoms with Crippen LogP contribution in [0.5, 0.6) is 5.75 Å². The van der Waals surface area contributed by atoms with Gasteiger partial charge in [0.15, 0.2) is 0 Å². The number of rotatable bonds is 4. The van der Waals surface area contributed by atoms with E-state index in [2.05, 4.69) is 15.5 Å². The van der Waals surface area contributed by atoms with E-state index < -0.39 is 0 Å². The Morgan fingerprint density at radius 2 is 2.24 bits per heavy atom. The maximum absolute atomic E-state index is 5.38. The molecule has 17 heavy (non-hydrogen) atoms. The molecule has 0 atom stereocenters. The number of nitrogens with two attached hydrogens (primary N) is 1. The van der Waals surface area contributed by atoms with Crippen LogP contribution >= 0.6 is 0 Å². The van der Waals surface area contributed by atoms with Crippen molar-refractivity contribution in [1.82, 2.24) is 10.2 Å². The van der Waals surface area contributed by atoms with Crippen molar-refractivity contribution in [2.45, 2.75) is 13.5 Å². The fourth-order valence-corrected chi connectivity index (χ4v) is 1.47. The number of anilines is 2. The smallest absolute Gasteiger partial charge is 0.320 e. The number of nitrogens with one attached hydrogen (secondary N) is 1. The van der Waals surface area contributed by atoms with Crippen molar-refractivity contribution in [1.29, 1.82) is 0 Å². The van der Waals surface area contributed by atoms with E-state index in [0.29, 0.717) is 11.9 Å². The van der Waals surface area contributed by atoms with E-state index in [9.17, 15) is 0 Å². The second kappa shape index (κ2) is 4.84. The van der Waals surface area contributed by atoms with Crippen LogP contribution < -0.4 is 15.8 Å². The van der Waals surface area contributed by atoms with Crippen LogP contribution in [-0.2, 0) is 6.54 Å². The van der Waals surface area contributed by atoms with Crippen LogP contribution in [0, 0.1) is 6.92 Å². The van der Waals surface area contributed by atoms with Crippen molar-refractivity contribution in [2.24, 2.45) is 5.73 Å². The summed E-state index contributed by atoms with van der Waals surface area (Å²) in [7, 11) is 1.64. The highest BCUT2D eigenvalue weighted by Crippen LogP contribution is 2.23. The van der Waals surface area contributed by atoms with E-state index in [1.54, 1.807) is 7.11 Å². The van der Waals surface area contributed by atoms with Crippen molar-refractivity contribution in [2.75, 3.05) is 12.4 Å². The van der Waals surface area contributed by atoms with E-state index in [-0.39, 0.29) is 6.54 Å². The van der Waals surface area contributed by atoms with Gasteiger partial charge in [0.25, 0.3) is 0 Å². The molecule has 6 nitrogen and oxygen atoms in total. The summed E-state index contributed by atoms with van der Waals surface area (Å²) in [6.45, 7) is 2.19. The lowest BCUT2D eigenvalue weighted by Crippen LogP contribution is -1.95. The summed E-state index contributed by atoms with van der Waals surface area (Å²) in [5, 5.41) is 10.6. The first-order valence-corrected chi connectivity index (χ1v) is 5.17. The van der Waals surface area contributed by atoms with E-state index >= 15 is 0 Å². The molecule has 0 aliphatic heterocycles. The summed E-state index contributed by atoms with van der Waals surface area (Å²) in [6, 6.07) is 6.01. The van der Waals surface area contributed by atoms with Gasteiger partial charge in [-0.05, 0) is 30.7 Å². The molecule has 0 saturated carbocycles. The number of ether oxygens (including phenoxy) is 1. The number of nitrogens with zero attached hydrogens (tertiary/aromatic N) is 2. The minimum absolute atomic E-state index is 0.232. The quantitative estimate of drug-likeness (QED) is 0.835. The molecule has 0 saturated heterocycles. The number of methoxy groups -OCH3 is 1. The van der Waals surface area contributed by atoms with Crippen LogP contribution in [0.3, 0.4) is 0 Å². The molecule has 2 aromatic rings. The van der Waals surface area contributed by atoms with Crippen molar-refractivity contribution in [3.8, 4) is 5.75 Å². The van der Waals surface area contributed by atoms with Gasteiger partial charge in [-0.15, -0.1) is 5.10 Å². The third-order valence-electron chi connectivity index (χ3n) is 2.29. The molecule has 0 aliphatic rings. The zero-order valence-electron chi connectivity index (χ0n) is 9.73. The molecule has 0 fully saturated rings. The van der Waals surface area contributed by atoms with Crippen LogP contribution in [-0.4, -0.2) is 17.3 Å². The van der Waals surface area contributed by atoms with Gasteiger partial charge in [0.05, 0.1) is 13.7 Å². The summed E-state index contributed by atoms with van der Waals surface area (Å²) >= 11 is 0. The Bertz CT molecular complexity index is 510. The summed E-state index contributed by atoms with van der Waals surface area (Å²) in [4.78, 5) is 0. The minimum Gasteiger partial charge on any atom is -0.496 e. The largest absolute Gasteiger partial charge is 0.496 e. The molecule has 1 aromatic heterocycles. The molecule has 3 N–H and O–H groups in total. The topological polar surface area (TPSA) is 86.2 Å². The number of hydrogen-bond donors (Lipinski definition) is 2. The van der Waals surface area contributed by atoms with Gasteiger partial charge in [-0.3, -0.25) is 0 Å². The first-order chi connectivity index (χ1) is 8.22. The fraction of sp³-hybridized carbons (Fsp3) is 0.273. The second-order valence-electron chi connectivity index (χ2n) is 3.51. The summed E-state index contributed by atoms with van der Waals surface area (Å²) in [5.41, 5.74) is 7.26. The molecule has 6 heteroatoms. The molecule has 0 unspecified atom stereocenters. The van der Waals surface area contributed by atoms with Gasteiger partial charge in [-0.1, -0.05) is 5.10 Å². The molecule has 2 rings (SSSR count). The molecule has 90 valence electrons. The summed E-state index contributed by atoms with van der Waals surface area (Å²) in [5.74, 6) is 1.24. The van der Waals surface area contributed by atoms with Gasteiger partial charge in [0, 0.05) is 5.69 Å². The Hall–Kier alpha value is -2.08. The third kappa shape index (κ3) is 2.54. The number of aryl methyl sites for hydroxylation is 1. The van der Waals surface area contributed by atoms with Gasteiger partial charge < -0.3 is 20.2 Å². The van der Waals surface area contributed by atoms with Crippen LogP contribution in [0.15, 0.2) is 22.6 Å². The van der Waals surface area contributed by atoms with Gasteiger partial charge in [0.2, 0.25) is 5.89 Å². The van der Waals surface area contributed by atoms with Gasteiger partial charge >= 0.3 is 6.01 Å². The van der Waals surface area contributed by atoms with E-state index in [1.807, 2.05) is 25.1 Å². The lowest BCUT2D eigenvalue weighted by molar-refractivity contribution is 0.412. The highest BCUT2D eigenvalue weighted by molar-refractivity contribution is 5.56. The second-order valence-corrected chi connectivity index (χ2v) is 3.51. The maximum Gasteiger partial charge on any atom is 0.320 e. The molecule has 0 radical (unpaired) electrons. The van der Waals surface area contributed by atoms with Crippen molar-refractivity contribution in [3.05, 3.63) is 29.7 Å². The first kappa shape index (κ1) is 11.4. The molecule has 0 amide bonds. The molecule has 0 spiro atoms. The van der Waals surface area contributed by atoms with Gasteiger partial charge in [0.1, 0.15) is 5.75 Å².